The van der Waals surface area contributed by atoms with Gasteiger partial charge in [-0.3, -0.25) is 4.79 Å². The van der Waals surface area contributed by atoms with Crippen molar-refractivity contribution < 1.29 is 13.6 Å². The molecule has 1 aromatic heterocycles. The molecule has 3 aromatic rings. The third-order valence-corrected chi connectivity index (χ3v) is 3.99. The average molecular weight is 375 g/mol. The van der Waals surface area contributed by atoms with Crippen molar-refractivity contribution in [3.05, 3.63) is 70.3 Å². The van der Waals surface area contributed by atoms with E-state index in [0.29, 0.717) is 23.8 Å². The lowest BCUT2D eigenvalue weighted by atomic mass is 10.1. The molecule has 0 amide bonds. The Balaban J connectivity index is 1.67. The summed E-state index contributed by atoms with van der Waals surface area (Å²) >= 11 is 3.43. The Morgan fingerprint density at radius 3 is 2.57 bits per heavy atom. The van der Waals surface area contributed by atoms with Crippen molar-refractivity contribution in [1.82, 2.24) is 10.2 Å². The second kappa shape index (κ2) is 6.83. The molecule has 23 heavy (non-hydrogen) atoms. The van der Waals surface area contributed by atoms with E-state index in [1.807, 2.05) is 24.3 Å². The van der Waals surface area contributed by atoms with E-state index in [1.165, 1.54) is 24.3 Å². The van der Waals surface area contributed by atoms with Gasteiger partial charge < -0.3 is 4.42 Å². The first-order chi connectivity index (χ1) is 11.1. The van der Waals surface area contributed by atoms with E-state index in [-0.39, 0.29) is 18.0 Å². The molecule has 3 rings (SSSR count). The first-order valence-electron chi connectivity index (χ1n) is 6.99. The number of hydrogen-bond acceptors (Lipinski definition) is 4. The van der Waals surface area contributed by atoms with Gasteiger partial charge in [-0.15, -0.1) is 10.2 Å². The van der Waals surface area contributed by atoms with Crippen molar-refractivity contribution in [3.63, 3.8) is 0 Å². The summed E-state index contributed by atoms with van der Waals surface area (Å²) in [6.07, 6.45) is 0.566. The number of rotatable bonds is 5. The van der Waals surface area contributed by atoms with Crippen LogP contribution in [0.1, 0.15) is 22.7 Å². The van der Waals surface area contributed by atoms with Gasteiger partial charge in [-0.25, -0.2) is 4.39 Å². The molecule has 4 nitrogen and oxygen atoms in total. The Morgan fingerprint density at radius 1 is 1.09 bits per heavy atom. The van der Waals surface area contributed by atoms with Crippen LogP contribution in [0.15, 0.2) is 57.4 Å². The fraction of sp³-hybridized carbons (Fsp3) is 0.118. The number of nitrogens with zero attached hydrogens (tertiary/aromatic N) is 2. The molecule has 2 aromatic carbocycles. The van der Waals surface area contributed by atoms with E-state index in [0.717, 1.165) is 10.0 Å². The number of carbonyl (C=O) groups is 1. The second-order valence-electron chi connectivity index (χ2n) is 4.91. The molecule has 0 unspecified atom stereocenters. The highest BCUT2D eigenvalue weighted by Crippen LogP contribution is 2.26. The van der Waals surface area contributed by atoms with E-state index >= 15 is 0 Å². The first-order valence-corrected chi connectivity index (χ1v) is 7.79. The summed E-state index contributed by atoms with van der Waals surface area (Å²) in [5.41, 5.74) is 1.27. The molecule has 0 N–H and O–H groups in total. The molecule has 0 saturated carbocycles. The molecule has 0 fully saturated rings. The van der Waals surface area contributed by atoms with Crippen molar-refractivity contribution in [1.29, 1.82) is 0 Å². The monoisotopic (exact) mass is 374 g/mol. The van der Waals surface area contributed by atoms with Crippen LogP contribution in [0.25, 0.3) is 11.5 Å². The summed E-state index contributed by atoms with van der Waals surface area (Å²) in [6, 6.07) is 13.0. The zero-order valence-corrected chi connectivity index (χ0v) is 13.6. The fourth-order valence-corrected chi connectivity index (χ4v) is 2.55. The number of Topliss-reactive ketones (excluding diaryl/α,β-unsaturated/α-hetero) is 1. The van der Waals surface area contributed by atoms with Gasteiger partial charge in [-0.2, -0.15) is 0 Å². The number of aryl methyl sites for hydroxylation is 1. The van der Waals surface area contributed by atoms with Crippen LogP contribution in [0, 0.1) is 5.82 Å². The standard InChI is InChI=1S/C17H12BrFN2O2/c18-14-4-2-1-3-13(14)17-21-20-16(23-17)10-9-15(22)11-5-7-12(19)8-6-11/h1-8H,9-10H2. The smallest absolute Gasteiger partial charge is 0.248 e. The van der Waals surface area contributed by atoms with Crippen molar-refractivity contribution in [2.45, 2.75) is 12.8 Å². The second-order valence-corrected chi connectivity index (χ2v) is 5.77. The minimum atomic E-state index is -0.364. The lowest BCUT2D eigenvalue weighted by Gasteiger charge is -1.99. The summed E-state index contributed by atoms with van der Waals surface area (Å²) in [6.45, 7) is 0. The Bertz CT molecular complexity index is 831. The van der Waals surface area contributed by atoms with E-state index in [9.17, 15) is 9.18 Å². The molecule has 0 bridgehead atoms. The van der Waals surface area contributed by atoms with Crippen molar-refractivity contribution in [2.75, 3.05) is 0 Å². The van der Waals surface area contributed by atoms with E-state index in [2.05, 4.69) is 26.1 Å². The van der Waals surface area contributed by atoms with Crippen LogP contribution < -0.4 is 0 Å². The minimum absolute atomic E-state index is 0.0920. The molecule has 0 radical (unpaired) electrons. The summed E-state index contributed by atoms with van der Waals surface area (Å²) in [5.74, 6) is 0.343. The maximum absolute atomic E-state index is 12.8. The molecule has 0 aliphatic rings. The summed E-state index contributed by atoms with van der Waals surface area (Å²) < 4.78 is 19.3. The highest BCUT2D eigenvalue weighted by Gasteiger charge is 2.13. The quantitative estimate of drug-likeness (QED) is 0.618. The molecule has 0 atom stereocenters. The Labute approximate surface area is 140 Å². The number of ketones is 1. The summed E-state index contributed by atoms with van der Waals surface area (Å²) in [5, 5.41) is 7.97. The van der Waals surface area contributed by atoms with Crippen LogP contribution in [-0.4, -0.2) is 16.0 Å². The maximum Gasteiger partial charge on any atom is 0.248 e. The average Bonchev–Trinajstić information content (AvgIpc) is 3.02. The van der Waals surface area contributed by atoms with Crippen LogP contribution in [-0.2, 0) is 6.42 Å². The summed E-state index contributed by atoms with van der Waals surface area (Å²) in [4.78, 5) is 12.0. The van der Waals surface area contributed by atoms with Gasteiger partial charge in [0, 0.05) is 22.9 Å². The number of benzene rings is 2. The number of hydrogen-bond donors (Lipinski definition) is 0. The molecular formula is C17H12BrFN2O2. The zero-order chi connectivity index (χ0) is 16.2. The Kier molecular flexibility index (Phi) is 4.62. The highest BCUT2D eigenvalue weighted by molar-refractivity contribution is 9.10. The zero-order valence-electron chi connectivity index (χ0n) is 12.0. The number of carbonyl (C=O) groups excluding carboxylic acids is 1. The molecule has 0 aliphatic carbocycles. The van der Waals surface area contributed by atoms with Crippen molar-refractivity contribution >= 4 is 21.7 Å². The third kappa shape index (κ3) is 3.71. The largest absolute Gasteiger partial charge is 0.421 e. The van der Waals surface area contributed by atoms with Crippen LogP contribution in [0.3, 0.4) is 0 Å². The van der Waals surface area contributed by atoms with Crippen LogP contribution in [0.4, 0.5) is 4.39 Å². The highest BCUT2D eigenvalue weighted by atomic mass is 79.9. The van der Waals surface area contributed by atoms with Gasteiger partial charge in [0.25, 0.3) is 0 Å². The molecule has 1 heterocycles. The molecular weight excluding hydrogens is 363 g/mol. The van der Waals surface area contributed by atoms with Crippen LogP contribution >= 0.6 is 15.9 Å². The predicted octanol–water partition coefficient (Wildman–Crippen LogP) is 4.45. The van der Waals surface area contributed by atoms with Gasteiger partial charge in [0.15, 0.2) is 5.78 Å². The van der Waals surface area contributed by atoms with E-state index in [4.69, 9.17) is 4.42 Å². The van der Waals surface area contributed by atoms with Crippen molar-refractivity contribution in [2.24, 2.45) is 0 Å². The molecule has 0 spiro atoms. The SMILES string of the molecule is O=C(CCc1nnc(-c2ccccc2Br)o1)c1ccc(F)cc1. The van der Waals surface area contributed by atoms with E-state index < -0.39 is 0 Å². The molecule has 116 valence electrons. The third-order valence-electron chi connectivity index (χ3n) is 3.30. The van der Waals surface area contributed by atoms with Crippen LogP contribution in [0.2, 0.25) is 0 Å². The minimum Gasteiger partial charge on any atom is -0.421 e. The molecule has 0 saturated heterocycles. The van der Waals surface area contributed by atoms with Gasteiger partial charge in [-0.1, -0.05) is 12.1 Å². The molecule has 6 heteroatoms. The predicted molar refractivity (Wildman–Crippen MR) is 86.5 cm³/mol. The van der Waals surface area contributed by atoms with Crippen LogP contribution in [0.5, 0.6) is 0 Å². The lowest BCUT2D eigenvalue weighted by molar-refractivity contribution is 0.0980. The first kappa shape index (κ1) is 15.6. The Morgan fingerprint density at radius 2 is 1.83 bits per heavy atom. The molecule has 0 aliphatic heterocycles. The number of halogens is 2. The van der Waals surface area contributed by atoms with Gasteiger partial charge in [0.05, 0.1) is 5.56 Å². The van der Waals surface area contributed by atoms with E-state index in [1.54, 1.807) is 0 Å². The van der Waals surface area contributed by atoms with Gasteiger partial charge >= 0.3 is 0 Å². The topological polar surface area (TPSA) is 56.0 Å². The summed E-state index contributed by atoms with van der Waals surface area (Å²) in [7, 11) is 0. The maximum atomic E-state index is 12.8. The van der Waals surface area contributed by atoms with Gasteiger partial charge in [0.1, 0.15) is 5.82 Å². The Hall–Kier alpha value is -2.34. The lowest BCUT2D eigenvalue weighted by Crippen LogP contribution is -2.01. The van der Waals surface area contributed by atoms with Crippen molar-refractivity contribution in [3.8, 4) is 11.5 Å². The normalized spacial score (nSPS) is 10.7. The number of aromatic nitrogens is 2. The fourth-order valence-electron chi connectivity index (χ4n) is 2.10. The van der Waals surface area contributed by atoms with Gasteiger partial charge in [0.2, 0.25) is 11.8 Å². The van der Waals surface area contributed by atoms with Gasteiger partial charge in [-0.05, 0) is 52.3 Å².